The second kappa shape index (κ2) is 4.59. The van der Waals surface area contributed by atoms with E-state index in [-0.39, 0.29) is 12.3 Å². The molecule has 0 amide bonds. The standard InChI is InChI=1S/C9H13FN2O2S/c1-2-15(13,14)12-9-4-3-8(10)5-7(9)6-11/h3-5,12H,2,6,11H2,1H3. The topological polar surface area (TPSA) is 72.2 Å². The minimum atomic E-state index is -3.35. The number of hydrogen-bond acceptors (Lipinski definition) is 3. The molecule has 0 spiro atoms. The van der Waals surface area contributed by atoms with E-state index < -0.39 is 15.8 Å². The first-order valence-electron chi connectivity index (χ1n) is 4.47. The van der Waals surface area contributed by atoms with Crippen molar-refractivity contribution in [1.82, 2.24) is 0 Å². The zero-order valence-corrected chi connectivity index (χ0v) is 9.14. The first-order chi connectivity index (χ1) is 6.98. The van der Waals surface area contributed by atoms with Gasteiger partial charge in [-0.25, -0.2) is 12.8 Å². The van der Waals surface area contributed by atoms with Gasteiger partial charge in [-0.3, -0.25) is 4.72 Å². The van der Waals surface area contributed by atoms with E-state index in [9.17, 15) is 12.8 Å². The molecule has 84 valence electrons. The lowest BCUT2D eigenvalue weighted by molar-refractivity contribution is 0.602. The van der Waals surface area contributed by atoms with Gasteiger partial charge >= 0.3 is 0 Å². The lowest BCUT2D eigenvalue weighted by Gasteiger charge is -2.10. The predicted octanol–water partition coefficient (Wildman–Crippen LogP) is 1.05. The van der Waals surface area contributed by atoms with E-state index in [0.717, 1.165) is 0 Å². The fourth-order valence-corrected chi connectivity index (χ4v) is 1.75. The van der Waals surface area contributed by atoms with Crippen molar-refractivity contribution in [3.05, 3.63) is 29.6 Å². The quantitative estimate of drug-likeness (QED) is 0.815. The van der Waals surface area contributed by atoms with Crippen molar-refractivity contribution in [2.45, 2.75) is 13.5 Å². The van der Waals surface area contributed by atoms with E-state index in [1.807, 2.05) is 0 Å². The fraction of sp³-hybridized carbons (Fsp3) is 0.333. The van der Waals surface area contributed by atoms with Crippen LogP contribution in [0.5, 0.6) is 0 Å². The Labute approximate surface area is 88.3 Å². The molecule has 1 aromatic rings. The second-order valence-corrected chi connectivity index (χ2v) is 5.02. The van der Waals surface area contributed by atoms with Gasteiger partial charge in [-0.15, -0.1) is 0 Å². The van der Waals surface area contributed by atoms with Gasteiger partial charge in [0.25, 0.3) is 0 Å². The Balaban J connectivity index is 3.05. The molecule has 3 N–H and O–H groups in total. The SMILES string of the molecule is CCS(=O)(=O)Nc1ccc(F)cc1CN. The molecule has 0 aromatic heterocycles. The molecule has 0 heterocycles. The van der Waals surface area contributed by atoms with E-state index in [0.29, 0.717) is 11.3 Å². The zero-order valence-electron chi connectivity index (χ0n) is 8.33. The highest BCUT2D eigenvalue weighted by Crippen LogP contribution is 2.17. The predicted molar refractivity (Wildman–Crippen MR) is 57.4 cm³/mol. The molecule has 1 aromatic carbocycles. The Morgan fingerprint density at radius 2 is 2.13 bits per heavy atom. The molecule has 0 saturated heterocycles. The van der Waals surface area contributed by atoms with E-state index in [1.165, 1.54) is 25.1 Å². The third-order valence-corrected chi connectivity index (χ3v) is 3.22. The lowest BCUT2D eigenvalue weighted by atomic mass is 10.2. The molecular weight excluding hydrogens is 219 g/mol. The van der Waals surface area contributed by atoms with Crippen LogP contribution in [0.2, 0.25) is 0 Å². The Kier molecular flexibility index (Phi) is 3.65. The van der Waals surface area contributed by atoms with E-state index >= 15 is 0 Å². The summed E-state index contributed by atoms with van der Waals surface area (Å²) in [6, 6.07) is 3.77. The summed E-state index contributed by atoms with van der Waals surface area (Å²) in [7, 11) is -3.35. The van der Waals surface area contributed by atoms with Gasteiger partial charge in [-0.2, -0.15) is 0 Å². The van der Waals surface area contributed by atoms with Crippen LogP contribution in [-0.2, 0) is 16.6 Å². The van der Waals surface area contributed by atoms with Crippen LogP contribution in [0.4, 0.5) is 10.1 Å². The summed E-state index contributed by atoms with van der Waals surface area (Å²) >= 11 is 0. The second-order valence-electron chi connectivity index (χ2n) is 3.01. The van der Waals surface area contributed by atoms with Crippen molar-refractivity contribution in [3.8, 4) is 0 Å². The Morgan fingerprint density at radius 1 is 1.47 bits per heavy atom. The van der Waals surface area contributed by atoms with Crippen LogP contribution in [0.1, 0.15) is 12.5 Å². The summed E-state index contributed by atoms with van der Waals surface area (Å²) in [5, 5.41) is 0. The van der Waals surface area contributed by atoms with Crippen molar-refractivity contribution in [2.24, 2.45) is 5.73 Å². The van der Waals surface area contributed by atoms with Crippen LogP contribution in [-0.4, -0.2) is 14.2 Å². The fourth-order valence-electron chi connectivity index (χ4n) is 1.07. The number of halogens is 1. The summed E-state index contributed by atoms with van der Waals surface area (Å²) in [5.74, 6) is -0.469. The van der Waals surface area contributed by atoms with Gasteiger partial charge in [0.1, 0.15) is 5.82 Å². The molecule has 6 heteroatoms. The third kappa shape index (κ3) is 3.17. The van der Waals surface area contributed by atoms with Crippen LogP contribution >= 0.6 is 0 Å². The summed E-state index contributed by atoms with van der Waals surface area (Å²) in [6.07, 6.45) is 0. The van der Waals surface area contributed by atoms with Crippen molar-refractivity contribution in [2.75, 3.05) is 10.5 Å². The largest absolute Gasteiger partial charge is 0.326 e. The molecule has 0 bridgehead atoms. The molecule has 0 fully saturated rings. The van der Waals surface area contributed by atoms with Crippen LogP contribution < -0.4 is 10.5 Å². The van der Waals surface area contributed by atoms with E-state index in [2.05, 4.69) is 4.72 Å². The smallest absolute Gasteiger partial charge is 0.232 e. The number of nitrogens with two attached hydrogens (primary N) is 1. The highest BCUT2D eigenvalue weighted by molar-refractivity contribution is 7.92. The monoisotopic (exact) mass is 232 g/mol. The third-order valence-electron chi connectivity index (χ3n) is 1.93. The van der Waals surface area contributed by atoms with Crippen LogP contribution in [0.15, 0.2) is 18.2 Å². The number of anilines is 1. The number of sulfonamides is 1. The van der Waals surface area contributed by atoms with Crippen LogP contribution in [0.3, 0.4) is 0 Å². The highest BCUT2D eigenvalue weighted by Gasteiger charge is 2.10. The molecule has 0 aliphatic carbocycles. The number of nitrogens with one attached hydrogen (secondary N) is 1. The molecule has 0 aliphatic heterocycles. The molecule has 0 atom stereocenters. The maximum absolute atomic E-state index is 12.8. The summed E-state index contributed by atoms with van der Waals surface area (Å²) < 4.78 is 37.7. The molecular formula is C9H13FN2O2S. The van der Waals surface area contributed by atoms with Gasteiger partial charge in [0, 0.05) is 6.54 Å². The number of hydrogen-bond donors (Lipinski definition) is 2. The van der Waals surface area contributed by atoms with Crippen molar-refractivity contribution >= 4 is 15.7 Å². The Hall–Kier alpha value is -1.14. The normalized spacial score (nSPS) is 11.4. The molecule has 1 rings (SSSR count). The molecule has 15 heavy (non-hydrogen) atoms. The van der Waals surface area contributed by atoms with Crippen molar-refractivity contribution in [1.29, 1.82) is 0 Å². The number of rotatable bonds is 4. The van der Waals surface area contributed by atoms with Gasteiger partial charge in [0.15, 0.2) is 0 Å². The Morgan fingerprint density at radius 3 is 2.67 bits per heavy atom. The highest BCUT2D eigenvalue weighted by atomic mass is 32.2. The minimum absolute atomic E-state index is 0.0333. The average Bonchev–Trinajstić information content (AvgIpc) is 2.20. The van der Waals surface area contributed by atoms with Crippen LogP contribution in [0.25, 0.3) is 0 Å². The Bertz CT molecular complexity index is 445. The zero-order chi connectivity index (χ0) is 11.5. The molecule has 0 aliphatic rings. The maximum atomic E-state index is 12.8. The van der Waals surface area contributed by atoms with Crippen molar-refractivity contribution in [3.63, 3.8) is 0 Å². The van der Waals surface area contributed by atoms with Gasteiger partial charge in [0.2, 0.25) is 10.0 Å². The molecule has 0 unspecified atom stereocenters. The first-order valence-corrected chi connectivity index (χ1v) is 6.12. The first kappa shape index (κ1) is 11.9. The van der Waals surface area contributed by atoms with Gasteiger partial charge < -0.3 is 5.73 Å². The van der Waals surface area contributed by atoms with Crippen molar-refractivity contribution < 1.29 is 12.8 Å². The van der Waals surface area contributed by atoms with E-state index in [4.69, 9.17) is 5.73 Å². The summed E-state index contributed by atoms with van der Waals surface area (Å²) in [6.45, 7) is 1.60. The summed E-state index contributed by atoms with van der Waals surface area (Å²) in [4.78, 5) is 0. The molecule has 4 nitrogen and oxygen atoms in total. The average molecular weight is 232 g/mol. The minimum Gasteiger partial charge on any atom is -0.326 e. The molecule has 0 saturated carbocycles. The number of benzene rings is 1. The van der Waals surface area contributed by atoms with Gasteiger partial charge in [-0.1, -0.05) is 0 Å². The maximum Gasteiger partial charge on any atom is 0.232 e. The summed E-state index contributed by atoms with van der Waals surface area (Å²) in [5.41, 5.74) is 6.15. The van der Waals surface area contributed by atoms with Gasteiger partial charge in [-0.05, 0) is 30.7 Å². The van der Waals surface area contributed by atoms with Crippen LogP contribution in [0, 0.1) is 5.82 Å². The van der Waals surface area contributed by atoms with E-state index in [1.54, 1.807) is 0 Å². The molecule has 0 radical (unpaired) electrons. The van der Waals surface area contributed by atoms with Gasteiger partial charge in [0.05, 0.1) is 11.4 Å². The lowest BCUT2D eigenvalue weighted by Crippen LogP contribution is -2.16.